The normalized spacial score (nSPS) is 13.4. The number of alkyl halides is 3. The van der Waals surface area contributed by atoms with E-state index in [-0.39, 0.29) is 39.6 Å². The average Bonchev–Trinajstić information content (AvgIpc) is 3.32. The van der Waals surface area contributed by atoms with Crippen LogP contribution in [0.2, 0.25) is 0 Å². The van der Waals surface area contributed by atoms with E-state index >= 15 is 0 Å². The van der Waals surface area contributed by atoms with Gasteiger partial charge in [-0.3, -0.25) is 4.79 Å². The summed E-state index contributed by atoms with van der Waals surface area (Å²) in [6, 6.07) is 8.54. The van der Waals surface area contributed by atoms with E-state index in [0.717, 1.165) is 6.07 Å². The lowest BCUT2D eigenvalue weighted by Gasteiger charge is -2.16. The van der Waals surface area contributed by atoms with Gasteiger partial charge in [-0.05, 0) is 48.9 Å². The molecule has 0 radical (unpaired) electrons. The fourth-order valence-electron chi connectivity index (χ4n) is 3.78. The molecule has 4 rings (SSSR count). The number of aliphatic hydroxyl groups excluding tert-OH is 1. The zero-order valence-corrected chi connectivity index (χ0v) is 19.6. The number of rotatable bonds is 7. The van der Waals surface area contributed by atoms with Gasteiger partial charge in [0.25, 0.3) is 5.91 Å². The van der Waals surface area contributed by atoms with Crippen LogP contribution in [-0.4, -0.2) is 34.7 Å². The molecule has 12 heteroatoms. The summed E-state index contributed by atoms with van der Waals surface area (Å²) in [4.78, 5) is 21.1. The lowest BCUT2D eigenvalue weighted by atomic mass is 10.1. The number of ether oxygens (including phenoxy) is 1. The number of nitrogens with two attached hydrogens (primary N) is 1. The molecule has 0 aliphatic carbocycles. The second-order valence-electron chi connectivity index (χ2n) is 8.19. The highest BCUT2D eigenvalue weighted by atomic mass is 19.4. The number of methoxy groups -OCH3 is 1. The van der Waals surface area contributed by atoms with Crippen molar-refractivity contribution >= 4 is 16.8 Å². The summed E-state index contributed by atoms with van der Waals surface area (Å²) in [6.07, 6.45) is -4.67. The number of hydrogen-bond donors (Lipinski definition) is 3. The third-order valence-electron chi connectivity index (χ3n) is 5.60. The second-order valence-corrected chi connectivity index (χ2v) is 8.19. The van der Waals surface area contributed by atoms with Crippen LogP contribution in [-0.2, 0) is 6.18 Å². The number of nitrogens with zero attached hydrogens (tertiary/aromatic N) is 2. The highest BCUT2D eigenvalue weighted by Crippen LogP contribution is 2.37. The summed E-state index contributed by atoms with van der Waals surface area (Å²) in [5.74, 6) is -1.15. The summed E-state index contributed by atoms with van der Waals surface area (Å²) in [5.41, 5.74) is 5.37. The van der Waals surface area contributed by atoms with Gasteiger partial charge in [-0.2, -0.15) is 13.2 Å². The van der Waals surface area contributed by atoms with Crippen LogP contribution in [0.1, 0.15) is 46.5 Å². The average molecular weight is 518 g/mol. The SMILES string of the molecule is COc1ccc(-c2nc(C(=O)N[C@@H](CO)c3ccc(F)cc3)c([C@H](C)N)o2)c2ccc(C(F)(F)F)nc12. The number of pyridine rings is 1. The minimum Gasteiger partial charge on any atom is -0.494 e. The highest BCUT2D eigenvalue weighted by Gasteiger charge is 2.33. The van der Waals surface area contributed by atoms with Crippen LogP contribution < -0.4 is 15.8 Å². The predicted octanol–water partition coefficient (Wildman–Crippen LogP) is 4.54. The number of nitrogens with one attached hydrogen (secondary N) is 1. The topological polar surface area (TPSA) is 124 Å². The van der Waals surface area contributed by atoms with E-state index in [0.29, 0.717) is 5.56 Å². The van der Waals surface area contributed by atoms with Crippen molar-refractivity contribution in [3.05, 3.63) is 77.1 Å². The van der Waals surface area contributed by atoms with Crippen LogP contribution in [0.4, 0.5) is 17.6 Å². The number of oxazole rings is 1. The first kappa shape index (κ1) is 26.0. The minimum absolute atomic E-state index is 0.0205. The number of amides is 1. The van der Waals surface area contributed by atoms with Crippen molar-refractivity contribution in [1.82, 2.24) is 15.3 Å². The summed E-state index contributed by atoms with van der Waals surface area (Å²) in [6.45, 7) is 1.08. The molecular weight excluding hydrogens is 496 g/mol. The van der Waals surface area contributed by atoms with Crippen LogP contribution in [0.25, 0.3) is 22.4 Å². The molecule has 194 valence electrons. The lowest BCUT2D eigenvalue weighted by molar-refractivity contribution is -0.140. The van der Waals surface area contributed by atoms with Crippen molar-refractivity contribution in [2.75, 3.05) is 13.7 Å². The second kappa shape index (κ2) is 10.1. The third-order valence-corrected chi connectivity index (χ3v) is 5.60. The molecule has 37 heavy (non-hydrogen) atoms. The highest BCUT2D eigenvalue weighted by molar-refractivity contribution is 5.98. The molecule has 2 aromatic carbocycles. The van der Waals surface area contributed by atoms with Crippen molar-refractivity contribution in [2.24, 2.45) is 5.73 Å². The smallest absolute Gasteiger partial charge is 0.433 e. The number of fused-ring (bicyclic) bond motifs is 1. The first-order valence-corrected chi connectivity index (χ1v) is 11.0. The monoisotopic (exact) mass is 518 g/mol. The largest absolute Gasteiger partial charge is 0.494 e. The zero-order chi connectivity index (χ0) is 26.9. The molecule has 0 aliphatic heterocycles. The first-order chi connectivity index (χ1) is 17.5. The molecule has 2 heterocycles. The van der Waals surface area contributed by atoms with E-state index in [1.54, 1.807) is 6.92 Å². The quantitative estimate of drug-likeness (QED) is 0.307. The van der Waals surface area contributed by atoms with E-state index < -0.39 is 42.3 Å². The molecule has 0 spiro atoms. The fourth-order valence-corrected chi connectivity index (χ4v) is 3.78. The van der Waals surface area contributed by atoms with Crippen LogP contribution in [0, 0.1) is 5.82 Å². The van der Waals surface area contributed by atoms with Gasteiger partial charge >= 0.3 is 6.18 Å². The Morgan fingerprint density at radius 3 is 2.43 bits per heavy atom. The van der Waals surface area contributed by atoms with E-state index in [1.165, 1.54) is 49.6 Å². The maximum absolute atomic E-state index is 13.3. The molecule has 2 aromatic heterocycles. The Morgan fingerprint density at radius 2 is 1.84 bits per heavy atom. The van der Waals surface area contributed by atoms with E-state index in [1.807, 2.05) is 0 Å². The Bertz CT molecular complexity index is 1440. The molecule has 0 fully saturated rings. The van der Waals surface area contributed by atoms with Gasteiger partial charge in [0.1, 0.15) is 22.8 Å². The molecule has 8 nitrogen and oxygen atoms in total. The summed E-state index contributed by atoms with van der Waals surface area (Å²) >= 11 is 0. The molecule has 0 aliphatic rings. The Hall–Kier alpha value is -4.03. The molecule has 0 unspecified atom stereocenters. The van der Waals surface area contributed by atoms with Gasteiger partial charge in [-0.1, -0.05) is 12.1 Å². The maximum atomic E-state index is 13.3. The van der Waals surface area contributed by atoms with Gasteiger partial charge < -0.3 is 25.3 Å². The molecule has 2 atom stereocenters. The van der Waals surface area contributed by atoms with Crippen LogP contribution in [0.15, 0.2) is 52.9 Å². The number of aromatic nitrogens is 2. The maximum Gasteiger partial charge on any atom is 0.433 e. The standard InChI is InChI=1S/C25H22F4N4O4/c1-12(30)22-21(23(35)31-17(11-34)13-3-5-14(26)6-4-13)33-24(37-22)16-7-9-18(36-2)20-15(16)8-10-19(32-20)25(27,28)29/h3-10,12,17,34H,11,30H2,1-2H3,(H,31,35)/t12-,17-/m0/s1. The molecule has 4 N–H and O–H groups in total. The number of halogens is 4. The van der Waals surface area contributed by atoms with Crippen LogP contribution >= 0.6 is 0 Å². The van der Waals surface area contributed by atoms with Gasteiger partial charge in [-0.15, -0.1) is 0 Å². The summed E-state index contributed by atoms with van der Waals surface area (Å²) < 4.78 is 64.0. The van der Waals surface area contributed by atoms with Crippen molar-refractivity contribution in [2.45, 2.75) is 25.2 Å². The van der Waals surface area contributed by atoms with E-state index in [2.05, 4.69) is 15.3 Å². The van der Waals surface area contributed by atoms with Crippen molar-refractivity contribution < 1.29 is 36.6 Å². The Labute approximate surface area is 208 Å². The Balaban J connectivity index is 1.76. The van der Waals surface area contributed by atoms with Crippen LogP contribution in [0.5, 0.6) is 5.75 Å². The number of benzene rings is 2. The van der Waals surface area contributed by atoms with Gasteiger partial charge in [0.2, 0.25) is 5.89 Å². The minimum atomic E-state index is -4.67. The number of carbonyl (C=O) groups excluding carboxylic acids is 1. The lowest BCUT2D eigenvalue weighted by Crippen LogP contribution is -2.32. The molecular formula is C25H22F4N4O4. The number of aliphatic hydroxyl groups is 1. The van der Waals surface area contributed by atoms with Crippen molar-refractivity contribution in [1.29, 1.82) is 0 Å². The number of hydrogen-bond acceptors (Lipinski definition) is 7. The Kier molecular flexibility index (Phi) is 7.14. The molecule has 0 saturated carbocycles. The van der Waals surface area contributed by atoms with E-state index in [4.69, 9.17) is 14.9 Å². The number of carbonyl (C=O) groups is 1. The summed E-state index contributed by atoms with van der Waals surface area (Å²) in [7, 11) is 1.30. The molecule has 4 aromatic rings. The fraction of sp³-hybridized carbons (Fsp3) is 0.240. The third kappa shape index (κ3) is 5.25. The van der Waals surface area contributed by atoms with Crippen molar-refractivity contribution in [3.8, 4) is 17.2 Å². The van der Waals surface area contributed by atoms with Gasteiger partial charge in [-0.25, -0.2) is 14.4 Å². The van der Waals surface area contributed by atoms with Gasteiger partial charge in [0.15, 0.2) is 11.5 Å². The van der Waals surface area contributed by atoms with E-state index in [9.17, 15) is 27.5 Å². The molecule has 0 saturated heterocycles. The van der Waals surface area contributed by atoms with Crippen molar-refractivity contribution in [3.63, 3.8) is 0 Å². The zero-order valence-electron chi connectivity index (χ0n) is 19.6. The first-order valence-electron chi connectivity index (χ1n) is 11.0. The Morgan fingerprint density at radius 1 is 1.14 bits per heavy atom. The van der Waals surface area contributed by atoms with Gasteiger partial charge in [0, 0.05) is 10.9 Å². The van der Waals surface area contributed by atoms with Crippen LogP contribution in [0.3, 0.4) is 0 Å². The molecule has 1 amide bonds. The summed E-state index contributed by atoms with van der Waals surface area (Å²) in [5, 5.41) is 12.6. The molecule has 0 bridgehead atoms. The predicted molar refractivity (Wildman–Crippen MR) is 125 cm³/mol. The van der Waals surface area contributed by atoms with Gasteiger partial charge in [0.05, 0.1) is 25.8 Å².